The molecule has 4 nitrogen and oxygen atoms in total. The Morgan fingerprint density at radius 1 is 1.32 bits per heavy atom. The second kappa shape index (κ2) is 6.10. The monoisotopic (exact) mass is 262 g/mol. The summed E-state index contributed by atoms with van der Waals surface area (Å²) in [6, 6.07) is -0.449. The lowest BCUT2D eigenvalue weighted by molar-refractivity contribution is -0.159. The molecule has 0 aromatic heterocycles. The predicted molar refractivity (Wildman–Crippen MR) is 73.2 cm³/mol. The number of amides is 2. The van der Waals surface area contributed by atoms with Gasteiger partial charge in [0.05, 0.1) is 0 Å². The van der Waals surface area contributed by atoms with Crippen molar-refractivity contribution in [3.05, 3.63) is 0 Å². The van der Waals surface area contributed by atoms with E-state index >= 15 is 0 Å². The standard InChI is InChI=1S/C15H22N2O2/c1-3-5-6-7-10-16-12(4-2)14(18)17-11-8-9-13(17)15(16)19/h1,12-13H,4-11H2,2H3. The van der Waals surface area contributed by atoms with Crippen LogP contribution in [0.4, 0.5) is 0 Å². The summed E-state index contributed by atoms with van der Waals surface area (Å²) in [5, 5.41) is 0. The molecule has 2 amide bonds. The predicted octanol–water partition coefficient (Wildman–Crippen LogP) is 1.40. The van der Waals surface area contributed by atoms with Crippen LogP contribution in [0.1, 0.15) is 45.4 Å². The third-order valence-corrected chi connectivity index (χ3v) is 4.12. The van der Waals surface area contributed by atoms with Gasteiger partial charge in [-0.15, -0.1) is 12.3 Å². The number of piperazine rings is 1. The minimum absolute atomic E-state index is 0.140. The summed E-state index contributed by atoms with van der Waals surface area (Å²) >= 11 is 0. The topological polar surface area (TPSA) is 40.6 Å². The Balaban J connectivity index is 2.04. The first kappa shape index (κ1) is 13.9. The molecular formula is C15H22N2O2. The van der Waals surface area contributed by atoms with E-state index in [1.165, 1.54) is 0 Å². The molecule has 0 aliphatic carbocycles. The summed E-state index contributed by atoms with van der Waals surface area (Å²) in [5.74, 6) is 2.89. The van der Waals surface area contributed by atoms with Gasteiger partial charge in [0.15, 0.2) is 0 Å². The minimum atomic E-state index is -0.257. The molecule has 2 aliphatic rings. The van der Waals surface area contributed by atoms with Crippen LogP contribution < -0.4 is 0 Å². The van der Waals surface area contributed by atoms with Crippen LogP contribution in [0, 0.1) is 12.3 Å². The van der Waals surface area contributed by atoms with E-state index in [0.29, 0.717) is 13.0 Å². The van der Waals surface area contributed by atoms with Crippen molar-refractivity contribution in [2.24, 2.45) is 0 Å². The Labute approximate surface area is 115 Å². The second-order valence-corrected chi connectivity index (χ2v) is 5.31. The molecular weight excluding hydrogens is 240 g/mol. The van der Waals surface area contributed by atoms with Crippen LogP contribution >= 0.6 is 0 Å². The van der Waals surface area contributed by atoms with Gasteiger partial charge in [0.2, 0.25) is 11.8 Å². The Morgan fingerprint density at radius 3 is 2.79 bits per heavy atom. The average molecular weight is 262 g/mol. The third-order valence-electron chi connectivity index (χ3n) is 4.12. The Kier molecular flexibility index (Phi) is 4.47. The molecule has 2 heterocycles. The van der Waals surface area contributed by atoms with Gasteiger partial charge in [-0.25, -0.2) is 0 Å². The molecule has 0 aromatic carbocycles. The molecule has 2 unspecified atom stereocenters. The van der Waals surface area contributed by atoms with E-state index in [1.54, 1.807) is 9.80 Å². The fourth-order valence-electron chi connectivity index (χ4n) is 3.13. The molecule has 2 rings (SSSR count). The molecule has 0 N–H and O–H groups in total. The van der Waals surface area contributed by atoms with E-state index in [4.69, 9.17) is 6.42 Å². The maximum absolute atomic E-state index is 12.5. The van der Waals surface area contributed by atoms with E-state index in [9.17, 15) is 9.59 Å². The van der Waals surface area contributed by atoms with Crippen molar-refractivity contribution >= 4 is 11.8 Å². The fourth-order valence-corrected chi connectivity index (χ4v) is 3.13. The summed E-state index contributed by atoms with van der Waals surface area (Å²) in [6.45, 7) is 3.38. The van der Waals surface area contributed by atoms with Gasteiger partial charge in [0, 0.05) is 19.5 Å². The van der Waals surface area contributed by atoms with Crippen molar-refractivity contribution in [1.82, 2.24) is 9.80 Å². The molecule has 0 bridgehead atoms. The van der Waals surface area contributed by atoms with Crippen LogP contribution in [-0.4, -0.2) is 46.8 Å². The zero-order valence-electron chi connectivity index (χ0n) is 11.6. The Hall–Kier alpha value is -1.50. The summed E-state index contributed by atoms with van der Waals surface area (Å²) < 4.78 is 0. The maximum atomic E-state index is 12.5. The van der Waals surface area contributed by atoms with Gasteiger partial charge in [0.1, 0.15) is 12.1 Å². The number of terminal acetylenes is 1. The smallest absolute Gasteiger partial charge is 0.246 e. The van der Waals surface area contributed by atoms with Gasteiger partial charge in [-0.3, -0.25) is 9.59 Å². The molecule has 19 heavy (non-hydrogen) atoms. The normalized spacial score (nSPS) is 26.5. The van der Waals surface area contributed by atoms with Gasteiger partial charge in [-0.05, 0) is 32.1 Å². The van der Waals surface area contributed by atoms with Crippen molar-refractivity contribution in [3.63, 3.8) is 0 Å². The number of fused-ring (bicyclic) bond motifs is 1. The van der Waals surface area contributed by atoms with Crippen LogP contribution in [0.5, 0.6) is 0 Å². The Bertz CT molecular complexity index is 399. The van der Waals surface area contributed by atoms with E-state index < -0.39 is 0 Å². The Morgan fingerprint density at radius 2 is 2.11 bits per heavy atom. The number of hydrogen-bond donors (Lipinski definition) is 0. The van der Waals surface area contributed by atoms with Crippen molar-refractivity contribution < 1.29 is 9.59 Å². The lowest BCUT2D eigenvalue weighted by Gasteiger charge is -2.42. The van der Waals surface area contributed by atoms with Crippen LogP contribution in [-0.2, 0) is 9.59 Å². The summed E-state index contributed by atoms with van der Waals surface area (Å²) in [6.07, 6.45) is 10.2. The molecule has 2 atom stereocenters. The molecule has 2 fully saturated rings. The molecule has 4 heteroatoms. The van der Waals surface area contributed by atoms with E-state index in [2.05, 4.69) is 5.92 Å². The lowest BCUT2D eigenvalue weighted by atomic mass is 10.0. The molecule has 2 aliphatic heterocycles. The van der Waals surface area contributed by atoms with Gasteiger partial charge >= 0.3 is 0 Å². The van der Waals surface area contributed by atoms with Gasteiger partial charge < -0.3 is 9.80 Å². The molecule has 0 saturated carbocycles. The third kappa shape index (κ3) is 2.60. The number of carbonyl (C=O) groups excluding carboxylic acids is 2. The van der Waals surface area contributed by atoms with Crippen LogP contribution in [0.3, 0.4) is 0 Å². The first-order chi connectivity index (χ1) is 9.20. The summed E-state index contributed by atoms with van der Waals surface area (Å²) in [7, 11) is 0. The number of carbonyl (C=O) groups is 2. The van der Waals surface area contributed by atoms with Crippen molar-refractivity contribution in [3.8, 4) is 12.3 Å². The highest BCUT2D eigenvalue weighted by Crippen LogP contribution is 2.28. The van der Waals surface area contributed by atoms with Crippen molar-refractivity contribution in [1.29, 1.82) is 0 Å². The summed E-state index contributed by atoms with van der Waals surface area (Å²) in [4.78, 5) is 28.4. The first-order valence-electron chi connectivity index (χ1n) is 7.25. The highest BCUT2D eigenvalue weighted by molar-refractivity contribution is 5.97. The van der Waals surface area contributed by atoms with Crippen molar-refractivity contribution in [2.75, 3.05) is 13.1 Å². The highest BCUT2D eigenvalue weighted by atomic mass is 16.2. The zero-order valence-corrected chi connectivity index (χ0v) is 11.6. The fraction of sp³-hybridized carbons (Fsp3) is 0.733. The van der Waals surface area contributed by atoms with Crippen LogP contribution in [0.2, 0.25) is 0 Å². The number of nitrogens with zero attached hydrogens (tertiary/aromatic N) is 2. The van der Waals surface area contributed by atoms with E-state index in [1.807, 2.05) is 6.92 Å². The quantitative estimate of drug-likeness (QED) is 0.555. The minimum Gasteiger partial charge on any atom is -0.329 e. The summed E-state index contributed by atoms with van der Waals surface area (Å²) in [5.41, 5.74) is 0. The number of unbranched alkanes of at least 4 members (excludes halogenated alkanes) is 2. The maximum Gasteiger partial charge on any atom is 0.246 e. The highest BCUT2D eigenvalue weighted by Gasteiger charge is 2.46. The van der Waals surface area contributed by atoms with Crippen molar-refractivity contribution in [2.45, 2.75) is 57.5 Å². The molecule has 0 aromatic rings. The van der Waals surface area contributed by atoms with Crippen LogP contribution in [0.15, 0.2) is 0 Å². The average Bonchev–Trinajstić information content (AvgIpc) is 2.90. The molecule has 2 saturated heterocycles. The largest absolute Gasteiger partial charge is 0.329 e. The number of rotatable bonds is 5. The zero-order chi connectivity index (χ0) is 13.8. The SMILES string of the molecule is C#CCCCCN1C(=O)C2CCCN2C(=O)C1CC. The molecule has 0 radical (unpaired) electrons. The number of hydrogen-bond acceptors (Lipinski definition) is 2. The first-order valence-corrected chi connectivity index (χ1v) is 7.25. The molecule has 0 spiro atoms. The molecule has 104 valence electrons. The van der Waals surface area contributed by atoms with E-state index in [0.717, 1.165) is 38.6 Å². The van der Waals surface area contributed by atoms with Crippen LogP contribution in [0.25, 0.3) is 0 Å². The van der Waals surface area contributed by atoms with Gasteiger partial charge in [0.25, 0.3) is 0 Å². The second-order valence-electron chi connectivity index (χ2n) is 5.31. The lowest BCUT2D eigenvalue weighted by Crippen LogP contribution is -2.62. The van der Waals surface area contributed by atoms with Gasteiger partial charge in [-0.1, -0.05) is 6.92 Å². The van der Waals surface area contributed by atoms with E-state index in [-0.39, 0.29) is 23.9 Å². The van der Waals surface area contributed by atoms with Gasteiger partial charge in [-0.2, -0.15) is 0 Å².